The van der Waals surface area contributed by atoms with Gasteiger partial charge in [0, 0.05) is 31.5 Å². The zero-order valence-corrected chi connectivity index (χ0v) is 12.5. The highest BCUT2D eigenvalue weighted by atomic mass is 16.5. The molecule has 1 heterocycles. The highest BCUT2D eigenvalue weighted by molar-refractivity contribution is 5.22. The molecule has 0 saturated carbocycles. The molecule has 19 heavy (non-hydrogen) atoms. The van der Waals surface area contributed by atoms with Crippen molar-refractivity contribution in [3.8, 4) is 5.75 Å². The minimum absolute atomic E-state index is 0.454. The Labute approximate surface area is 116 Å². The van der Waals surface area contributed by atoms with Crippen molar-refractivity contribution < 1.29 is 9.47 Å². The van der Waals surface area contributed by atoms with Crippen molar-refractivity contribution >= 4 is 0 Å². The second-order valence-electron chi connectivity index (χ2n) is 5.34. The van der Waals surface area contributed by atoms with Gasteiger partial charge in [0.2, 0.25) is 0 Å². The van der Waals surface area contributed by atoms with Crippen LogP contribution in [-0.4, -0.2) is 30.8 Å². The zero-order valence-electron chi connectivity index (χ0n) is 12.5. The first kappa shape index (κ1) is 15.9. The van der Waals surface area contributed by atoms with E-state index in [9.17, 15) is 0 Å². The minimum atomic E-state index is 0.454. The Bertz CT molecular complexity index is 354. The van der Waals surface area contributed by atoms with E-state index >= 15 is 0 Å². The van der Waals surface area contributed by atoms with Crippen molar-refractivity contribution in [1.29, 1.82) is 0 Å². The predicted octanol–water partition coefficient (Wildman–Crippen LogP) is 2.63. The molecule has 1 aromatic rings. The van der Waals surface area contributed by atoms with Gasteiger partial charge >= 0.3 is 0 Å². The number of nitrogens with one attached hydrogen (secondary N) is 1. The van der Waals surface area contributed by atoms with Gasteiger partial charge in [0.1, 0.15) is 12.4 Å². The van der Waals surface area contributed by atoms with Crippen molar-refractivity contribution in [3.05, 3.63) is 24.0 Å². The Kier molecular flexibility index (Phi) is 7.45. The molecule has 0 aliphatic rings. The molecule has 0 aromatic carbocycles. The van der Waals surface area contributed by atoms with Gasteiger partial charge in [0.05, 0.1) is 12.3 Å². The van der Waals surface area contributed by atoms with Crippen molar-refractivity contribution in [2.45, 2.75) is 40.3 Å². The lowest BCUT2D eigenvalue weighted by molar-refractivity contribution is 0.0818. The van der Waals surface area contributed by atoms with Crippen LogP contribution < -0.4 is 10.1 Å². The lowest BCUT2D eigenvalue weighted by Crippen LogP contribution is -2.22. The van der Waals surface area contributed by atoms with Crippen LogP contribution in [0, 0.1) is 5.92 Å². The second kappa shape index (κ2) is 8.88. The first-order chi connectivity index (χ1) is 9.08. The second-order valence-corrected chi connectivity index (χ2v) is 5.34. The Morgan fingerprint density at radius 2 is 2.00 bits per heavy atom. The number of nitrogens with zero attached hydrogens (tertiary/aromatic N) is 1. The van der Waals surface area contributed by atoms with Crippen molar-refractivity contribution in [2.24, 2.45) is 5.92 Å². The van der Waals surface area contributed by atoms with Gasteiger partial charge in [-0.15, -0.1) is 0 Å². The summed E-state index contributed by atoms with van der Waals surface area (Å²) in [6.45, 7) is 11.3. The molecule has 1 aromatic heterocycles. The van der Waals surface area contributed by atoms with Crippen LogP contribution in [0.4, 0.5) is 0 Å². The summed E-state index contributed by atoms with van der Waals surface area (Å²) in [5.74, 6) is 1.42. The molecule has 0 spiro atoms. The molecule has 0 saturated heterocycles. The van der Waals surface area contributed by atoms with Crippen molar-refractivity contribution in [2.75, 3.05) is 19.8 Å². The third-order valence-electron chi connectivity index (χ3n) is 2.43. The van der Waals surface area contributed by atoms with E-state index in [-0.39, 0.29) is 0 Å². The SMILES string of the molecule is CC(C)COCCOc1ccnc(CNC(C)C)c1. The lowest BCUT2D eigenvalue weighted by Gasteiger charge is -2.10. The maximum absolute atomic E-state index is 5.64. The molecule has 0 amide bonds. The van der Waals surface area contributed by atoms with Crippen LogP contribution in [0.15, 0.2) is 18.3 Å². The molecule has 0 radical (unpaired) electrons. The number of ether oxygens (including phenoxy) is 2. The van der Waals surface area contributed by atoms with Crippen LogP contribution in [-0.2, 0) is 11.3 Å². The monoisotopic (exact) mass is 266 g/mol. The number of pyridine rings is 1. The zero-order chi connectivity index (χ0) is 14.1. The van der Waals surface area contributed by atoms with E-state index in [1.807, 2.05) is 12.1 Å². The van der Waals surface area contributed by atoms with Crippen LogP contribution in [0.25, 0.3) is 0 Å². The van der Waals surface area contributed by atoms with E-state index in [1.165, 1.54) is 0 Å². The van der Waals surface area contributed by atoms with Gasteiger partial charge in [0.15, 0.2) is 0 Å². The Balaban J connectivity index is 2.27. The summed E-state index contributed by atoms with van der Waals surface area (Å²) in [4.78, 5) is 4.31. The molecule has 0 fully saturated rings. The van der Waals surface area contributed by atoms with E-state index in [0.717, 1.165) is 24.6 Å². The predicted molar refractivity (Wildman–Crippen MR) is 77.4 cm³/mol. The summed E-state index contributed by atoms with van der Waals surface area (Å²) >= 11 is 0. The third-order valence-corrected chi connectivity index (χ3v) is 2.43. The molecule has 108 valence electrons. The highest BCUT2D eigenvalue weighted by Crippen LogP contribution is 2.10. The fourth-order valence-electron chi connectivity index (χ4n) is 1.49. The molecule has 0 atom stereocenters. The summed E-state index contributed by atoms with van der Waals surface area (Å²) in [5, 5.41) is 3.34. The summed E-state index contributed by atoms with van der Waals surface area (Å²) in [6.07, 6.45) is 1.78. The minimum Gasteiger partial charge on any atom is -0.491 e. The third kappa shape index (κ3) is 7.80. The summed E-state index contributed by atoms with van der Waals surface area (Å²) in [7, 11) is 0. The van der Waals surface area contributed by atoms with Crippen LogP contribution in [0.1, 0.15) is 33.4 Å². The molecule has 0 unspecified atom stereocenters. The molecule has 1 N–H and O–H groups in total. The van der Waals surface area contributed by atoms with Gasteiger partial charge in [-0.3, -0.25) is 4.98 Å². The van der Waals surface area contributed by atoms with Crippen LogP contribution in [0.5, 0.6) is 5.75 Å². The summed E-state index contributed by atoms with van der Waals surface area (Å²) in [5.41, 5.74) is 0.995. The number of hydrogen-bond acceptors (Lipinski definition) is 4. The van der Waals surface area contributed by atoms with Gasteiger partial charge in [-0.2, -0.15) is 0 Å². The van der Waals surface area contributed by atoms with Gasteiger partial charge < -0.3 is 14.8 Å². The largest absolute Gasteiger partial charge is 0.491 e. The number of rotatable bonds is 9. The van der Waals surface area contributed by atoms with E-state index in [1.54, 1.807) is 6.20 Å². The Morgan fingerprint density at radius 3 is 2.68 bits per heavy atom. The first-order valence-electron chi connectivity index (χ1n) is 6.96. The summed E-state index contributed by atoms with van der Waals surface area (Å²) in [6, 6.07) is 4.30. The number of aromatic nitrogens is 1. The van der Waals surface area contributed by atoms with Gasteiger partial charge in [-0.25, -0.2) is 0 Å². The van der Waals surface area contributed by atoms with Crippen LogP contribution in [0.2, 0.25) is 0 Å². The molecule has 0 aliphatic carbocycles. The van der Waals surface area contributed by atoms with Gasteiger partial charge in [0.25, 0.3) is 0 Å². The molecule has 1 rings (SSSR count). The van der Waals surface area contributed by atoms with Crippen LogP contribution in [0.3, 0.4) is 0 Å². The van der Waals surface area contributed by atoms with Gasteiger partial charge in [-0.1, -0.05) is 27.7 Å². The maximum atomic E-state index is 5.64. The fraction of sp³-hybridized carbons (Fsp3) is 0.667. The normalized spacial score (nSPS) is 11.3. The molecule has 0 bridgehead atoms. The average molecular weight is 266 g/mol. The Morgan fingerprint density at radius 1 is 1.21 bits per heavy atom. The average Bonchev–Trinajstić information content (AvgIpc) is 2.36. The lowest BCUT2D eigenvalue weighted by atomic mass is 10.2. The van der Waals surface area contributed by atoms with E-state index in [0.29, 0.717) is 25.2 Å². The van der Waals surface area contributed by atoms with E-state index in [4.69, 9.17) is 9.47 Å². The Hall–Kier alpha value is -1.13. The van der Waals surface area contributed by atoms with E-state index < -0.39 is 0 Å². The molecule has 0 aliphatic heterocycles. The first-order valence-corrected chi connectivity index (χ1v) is 6.96. The van der Waals surface area contributed by atoms with E-state index in [2.05, 4.69) is 38.0 Å². The van der Waals surface area contributed by atoms with Crippen molar-refractivity contribution in [1.82, 2.24) is 10.3 Å². The van der Waals surface area contributed by atoms with Gasteiger partial charge in [-0.05, 0) is 12.0 Å². The molecular weight excluding hydrogens is 240 g/mol. The molecule has 4 nitrogen and oxygen atoms in total. The topological polar surface area (TPSA) is 43.4 Å². The van der Waals surface area contributed by atoms with Crippen molar-refractivity contribution in [3.63, 3.8) is 0 Å². The number of hydrogen-bond donors (Lipinski definition) is 1. The molecule has 4 heteroatoms. The fourth-order valence-corrected chi connectivity index (χ4v) is 1.49. The molecular formula is C15H26N2O2. The maximum Gasteiger partial charge on any atom is 0.122 e. The summed E-state index contributed by atoms with van der Waals surface area (Å²) < 4.78 is 11.1. The highest BCUT2D eigenvalue weighted by Gasteiger charge is 2.00. The quantitative estimate of drug-likeness (QED) is 0.698. The standard InChI is InChI=1S/C15H26N2O2/c1-12(2)11-18-7-8-19-15-5-6-16-14(9-15)10-17-13(3)4/h5-6,9,12-13,17H,7-8,10-11H2,1-4H3. The smallest absolute Gasteiger partial charge is 0.122 e. The van der Waals surface area contributed by atoms with Crippen LogP contribution >= 0.6 is 0 Å².